The summed E-state index contributed by atoms with van der Waals surface area (Å²) in [4.78, 5) is 15.7. The second kappa shape index (κ2) is 24.9. The van der Waals surface area contributed by atoms with Gasteiger partial charge in [-0.1, -0.05) is 112 Å². The van der Waals surface area contributed by atoms with E-state index >= 15 is 4.79 Å². The van der Waals surface area contributed by atoms with E-state index in [-0.39, 0.29) is 82.4 Å². The van der Waals surface area contributed by atoms with Gasteiger partial charge in [0.2, 0.25) is 0 Å². The lowest BCUT2D eigenvalue weighted by Crippen LogP contribution is -2.63. The monoisotopic (exact) mass is 1160 g/mol. The molecule has 0 aromatic rings. The molecule has 7 rings (SSSR count). The highest BCUT2D eigenvalue weighted by Gasteiger charge is 2.63. The largest absolute Gasteiger partial charge is 0.409 e. The van der Waals surface area contributed by atoms with Crippen LogP contribution >= 0.6 is 0 Å². The second-order valence-corrected chi connectivity index (χ2v) is 43.7. The Balaban J connectivity index is 1.23. The van der Waals surface area contributed by atoms with Gasteiger partial charge >= 0.3 is 0 Å². The molecule has 2 bridgehead atoms. The Morgan fingerprint density at radius 2 is 1.33 bits per heavy atom. The number of carbonyl (C=O) groups is 1. The van der Waals surface area contributed by atoms with Crippen molar-refractivity contribution in [2.75, 3.05) is 20.8 Å². The van der Waals surface area contributed by atoms with Gasteiger partial charge in [-0.15, -0.1) is 0 Å². The van der Waals surface area contributed by atoms with Crippen molar-refractivity contribution in [3.8, 4) is 0 Å². The predicted molar refractivity (Wildman–Crippen MR) is 323 cm³/mol. The topological polar surface area (TPSA) is 119 Å². The minimum absolute atomic E-state index is 0.0348. The summed E-state index contributed by atoms with van der Waals surface area (Å²) in [6, 6.07) is 0. The number of ether oxygens (including phenoxy) is 8. The molecule has 4 aliphatic heterocycles. The molecule has 0 aromatic heterocycles. The summed E-state index contributed by atoms with van der Waals surface area (Å²) in [5, 5.41) is 0.0150. The average Bonchev–Trinajstić information content (AvgIpc) is 3.98. The highest BCUT2D eigenvalue weighted by molar-refractivity contribution is 6.74. The summed E-state index contributed by atoms with van der Waals surface area (Å²) in [6.45, 7) is 47.3. The number of ketones is 1. The van der Waals surface area contributed by atoms with E-state index in [1.807, 2.05) is 6.92 Å². The maximum atomic E-state index is 15.7. The highest BCUT2D eigenvalue weighted by Crippen LogP contribution is 2.54. The Morgan fingerprint density at radius 3 is 1.92 bits per heavy atom. The summed E-state index contributed by atoms with van der Waals surface area (Å²) < 4.78 is 76.2. The first-order valence-electron chi connectivity index (χ1n) is 30.5. The van der Waals surface area contributed by atoms with E-state index in [1.54, 1.807) is 14.2 Å². The fourth-order valence-electron chi connectivity index (χ4n) is 13.6. The third-order valence-electron chi connectivity index (χ3n) is 19.8. The average molecular weight is 1160 g/mol. The number of Topliss-reactive ketones (excluding diaryl/α,β-unsaturated/α-hetero) is 1. The molecule has 7 aliphatic rings. The quantitative estimate of drug-likeness (QED) is 0.129. The van der Waals surface area contributed by atoms with Gasteiger partial charge in [-0.3, -0.25) is 4.79 Å². The molecule has 450 valence electrons. The molecule has 4 fully saturated rings. The van der Waals surface area contributed by atoms with E-state index in [0.717, 1.165) is 42.4 Å². The molecule has 3 saturated heterocycles. The zero-order chi connectivity index (χ0) is 58.6. The number of methoxy groups -OCH3 is 2. The van der Waals surface area contributed by atoms with Gasteiger partial charge in [0.1, 0.15) is 23.6 Å². The molecular formula is C64H110O12Si3. The molecule has 0 unspecified atom stereocenters. The lowest BCUT2D eigenvalue weighted by Gasteiger charge is -2.52. The number of carbonyl (C=O) groups excluding carboxylic acids is 1. The Bertz CT molecular complexity index is 2250. The molecule has 3 aliphatic carbocycles. The Morgan fingerprint density at radius 1 is 0.747 bits per heavy atom. The van der Waals surface area contributed by atoms with Crippen LogP contribution in [-0.2, 0) is 56.0 Å². The van der Waals surface area contributed by atoms with Gasteiger partial charge in [0, 0.05) is 45.3 Å². The standard InChI is InChI=1S/C64H110O12Si3/c1-39(2)55-42(5)29-30-63(73-55)36-46-28-27-41(4)56(71-53-34-51(66-15)58(44(7)69-53)72-54-35-52(67-16)59(45(8)70-54)75-79(22,23)62(12,13)14)40(3)25-24-26-48-38-68-60-57(74-78(20,21)61(9,10)11)43(6)31-49(50(65)33-47(32-46)37-63)64(48,60)76-77(17,18)19/h24-27,29-31,39-40,42,44-47,49,51-60H,28,32-38H2,1-23H3/b25-24+,41-27+,48-26+/t40-,42-,44-,45-,46+,47+,49-,51-,52-,53-,54-,55+,56-,57+,58-,59-,60+,63-,64+/m0/s1/i29+2. The minimum atomic E-state index is -2.38. The molecule has 1 spiro atoms. The first-order valence-corrected chi connectivity index (χ1v) is 39.7. The molecular weight excluding hydrogens is 1050 g/mol. The van der Waals surface area contributed by atoms with Gasteiger partial charge in [-0.25, -0.2) is 0 Å². The van der Waals surface area contributed by atoms with Crippen molar-refractivity contribution >= 4 is 30.7 Å². The van der Waals surface area contributed by atoms with Crippen molar-refractivity contribution in [1.82, 2.24) is 0 Å². The molecule has 4 heterocycles. The van der Waals surface area contributed by atoms with Crippen LogP contribution in [0.15, 0.2) is 59.3 Å². The van der Waals surface area contributed by atoms with Crippen LogP contribution in [0.4, 0.5) is 0 Å². The van der Waals surface area contributed by atoms with Gasteiger partial charge in [-0.05, 0) is 144 Å². The summed E-state index contributed by atoms with van der Waals surface area (Å²) in [5.74, 6) is 0.646. The van der Waals surface area contributed by atoms with Crippen molar-refractivity contribution < 1.29 is 56.0 Å². The smallest absolute Gasteiger partial charge is 0.193 e. The maximum absolute atomic E-state index is 15.7. The van der Waals surface area contributed by atoms with E-state index < -0.39 is 66.9 Å². The zero-order valence-electron chi connectivity index (χ0n) is 53.5. The van der Waals surface area contributed by atoms with Crippen molar-refractivity contribution in [3.63, 3.8) is 0 Å². The molecule has 0 radical (unpaired) electrons. The minimum Gasteiger partial charge on any atom is -0.409 e. The van der Waals surface area contributed by atoms with Crippen LogP contribution in [-0.4, -0.2) is 136 Å². The van der Waals surface area contributed by atoms with Crippen LogP contribution in [0.25, 0.3) is 0 Å². The van der Waals surface area contributed by atoms with Crippen molar-refractivity contribution in [1.29, 1.82) is 0 Å². The number of allylic oxidation sites excluding steroid dienone is 3. The van der Waals surface area contributed by atoms with Crippen LogP contribution < -0.4 is 0 Å². The normalized spacial score (nSPS) is 42.1. The Hall–Kier alpha value is -1.42. The van der Waals surface area contributed by atoms with Gasteiger partial charge in [0.05, 0.1) is 67.0 Å². The summed E-state index contributed by atoms with van der Waals surface area (Å²) in [7, 11) is -3.31. The van der Waals surface area contributed by atoms with Crippen molar-refractivity contribution in [3.05, 3.63) is 59.3 Å². The van der Waals surface area contributed by atoms with Gasteiger partial charge in [0.25, 0.3) is 0 Å². The first-order chi connectivity index (χ1) is 36.5. The molecule has 79 heavy (non-hydrogen) atoms. The summed E-state index contributed by atoms with van der Waals surface area (Å²) in [5.41, 5.74) is 1.69. The fraction of sp³-hybridized carbons (Fsp3) is 0.828. The lowest BCUT2D eigenvalue weighted by atomic mass is 9.65. The predicted octanol–water partition coefficient (Wildman–Crippen LogP) is 14.2. The zero-order valence-corrected chi connectivity index (χ0v) is 56.5. The molecule has 0 aromatic carbocycles. The number of rotatable bonds is 13. The van der Waals surface area contributed by atoms with Crippen LogP contribution in [0.2, 0.25) is 55.9 Å². The van der Waals surface area contributed by atoms with Gasteiger partial charge in [0.15, 0.2) is 37.5 Å². The van der Waals surface area contributed by atoms with Crippen LogP contribution in [0.3, 0.4) is 0 Å². The lowest BCUT2D eigenvalue weighted by molar-refractivity contribution is -0.317. The van der Waals surface area contributed by atoms with E-state index in [9.17, 15) is 0 Å². The third kappa shape index (κ3) is 14.5. The van der Waals surface area contributed by atoms with Crippen molar-refractivity contribution in [2.45, 2.75) is 283 Å². The van der Waals surface area contributed by atoms with Crippen LogP contribution in [0.1, 0.15) is 142 Å². The highest BCUT2D eigenvalue weighted by atomic mass is 28.4. The number of hydrogen-bond donors (Lipinski definition) is 0. The first kappa shape index (κ1) is 65.1. The van der Waals surface area contributed by atoms with Crippen LogP contribution in [0.5, 0.6) is 0 Å². The fourth-order valence-corrected chi connectivity index (χ4v) is 17.6. The van der Waals surface area contributed by atoms with E-state index in [2.05, 4.69) is 178 Å². The summed E-state index contributed by atoms with van der Waals surface area (Å²) in [6.07, 6.45) is 17.0. The Kier molecular flexibility index (Phi) is 20.5. The molecule has 0 amide bonds. The number of hydrogen-bond acceptors (Lipinski definition) is 12. The van der Waals surface area contributed by atoms with Crippen LogP contribution in [0, 0.1) is 35.5 Å². The maximum Gasteiger partial charge on any atom is 0.193 e. The van der Waals surface area contributed by atoms with E-state index in [1.165, 1.54) is 0 Å². The second-order valence-electron chi connectivity index (χ2n) is 29.8. The van der Waals surface area contributed by atoms with E-state index in [0.29, 0.717) is 37.7 Å². The molecule has 15 heteroatoms. The number of fused-ring (bicyclic) bond motifs is 2. The van der Waals surface area contributed by atoms with E-state index in [4.69, 9.17) is 51.2 Å². The Labute approximate surface area is 482 Å². The third-order valence-corrected chi connectivity index (χ3v) is 29.7. The van der Waals surface area contributed by atoms with Gasteiger partial charge < -0.3 is 51.2 Å². The molecule has 12 nitrogen and oxygen atoms in total. The van der Waals surface area contributed by atoms with Crippen molar-refractivity contribution in [2.24, 2.45) is 35.5 Å². The summed E-state index contributed by atoms with van der Waals surface area (Å²) >= 11 is 0. The molecule has 0 N–H and O–H groups in total. The van der Waals surface area contributed by atoms with Gasteiger partial charge in [-0.2, -0.15) is 0 Å². The molecule has 19 atom stereocenters. The molecule has 1 saturated carbocycles. The SMILES string of the molecule is CO[C@H]1C[C@H](O[C@@H]2/C(C)=C/C[C@@H]3C[C@H](CC(=O)[C@@H]4C=C(C)[C@@H](O[Si](C)(C)C(C)(C)C)[C@H]5OC/C(=C\C=C\[C@@H]2C)[C@]54O[Si](C)(C)C)C[C@]2(C=[14CH][C@H](C)[C@@H](C(C)C)O2)C3)O[C@@H](C)[C@@H]1O[C@H]1C[C@H](OC)[C@@H](O[Si](C)(C)C(C)(C)C)[C@H](C)O1.